The second-order valence-corrected chi connectivity index (χ2v) is 7.57. The van der Waals surface area contributed by atoms with Crippen molar-refractivity contribution in [3.63, 3.8) is 0 Å². The number of rotatable bonds is 6. The van der Waals surface area contributed by atoms with Gasteiger partial charge in [-0.3, -0.25) is 14.9 Å². The van der Waals surface area contributed by atoms with Crippen LogP contribution in [0.2, 0.25) is 5.02 Å². The number of hydrogen-bond donors (Lipinski definition) is 1. The summed E-state index contributed by atoms with van der Waals surface area (Å²) >= 11 is 5.88. The van der Waals surface area contributed by atoms with Crippen LogP contribution in [-0.4, -0.2) is 20.4 Å². The highest BCUT2D eigenvalue weighted by molar-refractivity contribution is 6.31. The Bertz CT molecular complexity index is 1270. The number of para-hydroxylation sites is 2. The minimum Gasteiger partial charge on any atom is -0.345 e. The number of imidazole rings is 1. The van der Waals surface area contributed by atoms with E-state index in [0.717, 1.165) is 22.4 Å². The van der Waals surface area contributed by atoms with Crippen molar-refractivity contribution in [3.05, 3.63) is 105 Å². The molecular formula is C23H19ClN4O3. The molecule has 1 N–H and O–H groups in total. The van der Waals surface area contributed by atoms with Crippen molar-refractivity contribution in [3.8, 4) is 0 Å². The maximum atomic E-state index is 13.0. The molecule has 1 atom stereocenters. The number of nitrogens with zero attached hydrogens (tertiary/aromatic N) is 3. The number of fused-ring (bicyclic) bond motifs is 1. The number of nitrogens with one attached hydrogen (secondary N) is 1. The molecule has 0 spiro atoms. The third-order valence-corrected chi connectivity index (χ3v) is 5.41. The van der Waals surface area contributed by atoms with Crippen LogP contribution >= 0.6 is 11.6 Å². The Kier molecular flexibility index (Phi) is 5.68. The minimum atomic E-state index is -0.607. The van der Waals surface area contributed by atoms with Gasteiger partial charge in [0.25, 0.3) is 11.6 Å². The molecule has 7 nitrogen and oxygen atoms in total. The van der Waals surface area contributed by atoms with Gasteiger partial charge < -0.3 is 9.88 Å². The van der Waals surface area contributed by atoms with E-state index >= 15 is 0 Å². The van der Waals surface area contributed by atoms with Crippen LogP contribution in [0.5, 0.6) is 0 Å². The Balaban J connectivity index is 1.69. The summed E-state index contributed by atoms with van der Waals surface area (Å²) in [6.07, 6.45) is 0.419. The quantitative estimate of drug-likeness (QED) is 0.347. The number of aromatic nitrogens is 2. The van der Waals surface area contributed by atoms with Gasteiger partial charge in [0.2, 0.25) is 0 Å². The van der Waals surface area contributed by atoms with Crippen molar-refractivity contribution in [1.82, 2.24) is 14.9 Å². The fourth-order valence-corrected chi connectivity index (χ4v) is 3.75. The molecule has 0 radical (unpaired) electrons. The number of carbonyl (C=O) groups is 1. The average molecular weight is 435 g/mol. The van der Waals surface area contributed by atoms with Gasteiger partial charge in [0, 0.05) is 24.6 Å². The molecule has 4 aromatic rings. The Labute approximate surface area is 183 Å². The molecule has 8 heteroatoms. The molecule has 0 saturated heterocycles. The van der Waals surface area contributed by atoms with Gasteiger partial charge in [0.15, 0.2) is 0 Å². The summed E-state index contributed by atoms with van der Waals surface area (Å²) in [4.78, 5) is 28.5. The molecule has 1 heterocycles. The zero-order valence-corrected chi connectivity index (χ0v) is 17.4. The molecule has 0 bridgehead atoms. The van der Waals surface area contributed by atoms with Crippen molar-refractivity contribution in [1.29, 1.82) is 0 Å². The highest BCUT2D eigenvalue weighted by Gasteiger charge is 2.25. The van der Waals surface area contributed by atoms with Crippen molar-refractivity contribution in [2.24, 2.45) is 7.05 Å². The lowest BCUT2D eigenvalue weighted by Crippen LogP contribution is -2.31. The maximum absolute atomic E-state index is 13.0. The van der Waals surface area contributed by atoms with Gasteiger partial charge in [0.1, 0.15) is 11.4 Å². The molecule has 1 amide bonds. The predicted octanol–water partition coefficient (Wildman–Crippen LogP) is 4.85. The van der Waals surface area contributed by atoms with Crippen LogP contribution < -0.4 is 5.32 Å². The zero-order chi connectivity index (χ0) is 22.0. The first-order valence-electron chi connectivity index (χ1n) is 9.64. The number of benzene rings is 3. The van der Waals surface area contributed by atoms with Crippen LogP contribution in [0, 0.1) is 10.1 Å². The first-order valence-corrected chi connectivity index (χ1v) is 10.0. The van der Waals surface area contributed by atoms with Gasteiger partial charge >= 0.3 is 0 Å². The number of nitro groups is 1. The monoisotopic (exact) mass is 434 g/mol. The summed E-state index contributed by atoms with van der Waals surface area (Å²) in [5.74, 6) is 0.247. The topological polar surface area (TPSA) is 90.1 Å². The molecule has 0 aliphatic rings. The van der Waals surface area contributed by atoms with Crippen LogP contribution in [0.1, 0.15) is 27.8 Å². The highest BCUT2D eigenvalue weighted by Crippen LogP contribution is 2.26. The Morgan fingerprint density at radius 3 is 2.55 bits per heavy atom. The second kappa shape index (κ2) is 8.57. The summed E-state index contributed by atoms with van der Waals surface area (Å²) in [5, 5.41) is 14.6. The van der Waals surface area contributed by atoms with E-state index in [1.807, 2.05) is 66.2 Å². The van der Waals surface area contributed by atoms with Crippen molar-refractivity contribution >= 4 is 34.2 Å². The van der Waals surface area contributed by atoms with Crippen LogP contribution in [0.15, 0.2) is 72.8 Å². The number of aryl methyl sites for hydroxylation is 1. The number of hydrogen-bond acceptors (Lipinski definition) is 4. The normalized spacial score (nSPS) is 11.9. The van der Waals surface area contributed by atoms with E-state index in [1.54, 1.807) is 0 Å². The predicted molar refractivity (Wildman–Crippen MR) is 119 cm³/mol. The Hall–Kier alpha value is -3.71. The first kappa shape index (κ1) is 20.6. The second-order valence-electron chi connectivity index (χ2n) is 7.14. The van der Waals surface area contributed by atoms with Crippen molar-refractivity contribution in [2.75, 3.05) is 0 Å². The summed E-state index contributed by atoms with van der Waals surface area (Å²) in [7, 11) is 1.93. The molecule has 1 aromatic heterocycles. The van der Waals surface area contributed by atoms with Gasteiger partial charge in [-0.25, -0.2) is 4.98 Å². The number of nitro benzene ring substituents is 1. The van der Waals surface area contributed by atoms with Crippen molar-refractivity contribution in [2.45, 2.75) is 12.5 Å². The van der Waals surface area contributed by atoms with E-state index in [9.17, 15) is 14.9 Å². The molecular weight excluding hydrogens is 416 g/mol. The summed E-state index contributed by atoms with van der Waals surface area (Å²) in [6.45, 7) is 0. The van der Waals surface area contributed by atoms with Crippen LogP contribution in [0.3, 0.4) is 0 Å². The standard InChI is InChI=1S/C23H19ClN4O3/c1-27-20-10-6-5-9-18(20)25-22(27)14-19(15-7-3-2-4-8-15)26-23(29)17-12-11-16(24)13-21(17)28(30)31/h2-13,19H,14H2,1H3,(H,26,29)/t19-/m1/s1. The fraction of sp³-hybridized carbons (Fsp3) is 0.130. The largest absolute Gasteiger partial charge is 0.345 e. The molecule has 0 saturated carbocycles. The summed E-state index contributed by atoms with van der Waals surface area (Å²) < 4.78 is 1.99. The smallest absolute Gasteiger partial charge is 0.283 e. The summed E-state index contributed by atoms with van der Waals surface area (Å²) in [5.41, 5.74) is 2.36. The summed E-state index contributed by atoms with van der Waals surface area (Å²) in [6, 6.07) is 20.8. The van der Waals surface area contributed by atoms with Gasteiger partial charge in [-0.15, -0.1) is 0 Å². The third-order valence-electron chi connectivity index (χ3n) is 5.17. The van der Waals surface area contributed by atoms with E-state index < -0.39 is 16.9 Å². The Morgan fingerprint density at radius 2 is 1.84 bits per heavy atom. The number of amides is 1. The van der Waals surface area contributed by atoms with Gasteiger partial charge in [-0.2, -0.15) is 0 Å². The van der Waals surface area contributed by atoms with Gasteiger partial charge in [0.05, 0.1) is 22.0 Å². The fourth-order valence-electron chi connectivity index (χ4n) is 3.58. The maximum Gasteiger partial charge on any atom is 0.283 e. The Morgan fingerprint density at radius 1 is 1.13 bits per heavy atom. The van der Waals surface area contributed by atoms with Crippen molar-refractivity contribution < 1.29 is 9.72 Å². The molecule has 156 valence electrons. The van der Waals surface area contributed by atoms with E-state index in [1.165, 1.54) is 18.2 Å². The van der Waals surface area contributed by atoms with E-state index in [0.29, 0.717) is 6.42 Å². The van der Waals surface area contributed by atoms with Crippen LogP contribution in [-0.2, 0) is 13.5 Å². The first-order chi connectivity index (χ1) is 14.9. The molecule has 0 aliphatic carbocycles. The van der Waals surface area contributed by atoms with Crippen LogP contribution in [0.4, 0.5) is 5.69 Å². The lowest BCUT2D eigenvalue weighted by atomic mass is 10.0. The SMILES string of the molecule is Cn1c(C[C@@H](NC(=O)c2ccc(Cl)cc2[N+](=O)[O-])c2ccccc2)nc2ccccc21. The number of halogens is 1. The zero-order valence-electron chi connectivity index (χ0n) is 16.7. The molecule has 0 fully saturated rings. The highest BCUT2D eigenvalue weighted by atomic mass is 35.5. The molecule has 3 aromatic carbocycles. The van der Waals surface area contributed by atoms with Gasteiger partial charge in [-0.1, -0.05) is 54.1 Å². The lowest BCUT2D eigenvalue weighted by molar-refractivity contribution is -0.385. The van der Waals surface area contributed by atoms with E-state index in [-0.39, 0.29) is 16.3 Å². The lowest BCUT2D eigenvalue weighted by Gasteiger charge is -2.19. The van der Waals surface area contributed by atoms with Crippen LogP contribution in [0.25, 0.3) is 11.0 Å². The number of carbonyl (C=O) groups excluding carboxylic acids is 1. The molecule has 0 unspecified atom stereocenters. The third kappa shape index (κ3) is 4.27. The van der Waals surface area contributed by atoms with E-state index in [2.05, 4.69) is 5.32 Å². The minimum absolute atomic E-state index is 0.0414. The average Bonchev–Trinajstić information content (AvgIpc) is 3.09. The van der Waals surface area contributed by atoms with E-state index in [4.69, 9.17) is 16.6 Å². The molecule has 4 rings (SSSR count). The molecule has 0 aliphatic heterocycles. The van der Waals surface area contributed by atoms with Gasteiger partial charge in [-0.05, 0) is 29.8 Å². The molecule has 31 heavy (non-hydrogen) atoms.